The molecule has 0 N–H and O–H groups in total. The molecular weight excluding hydrogens is 884 g/mol. The monoisotopic (exact) mass is 937 g/mol. The average Bonchev–Trinajstić information content (AvgIpc) is 3.65. The standard InChI is InChI=1S/C49H44N4OSi.Pt/c1-49(2,3)38-30-31-50-47(32-38)53(55(4,5)6)40-23-16-25-42(34-40)54-41-24-15-22-39(33-41)51-35-52(46-29-14-13-28-45(46)51)48-43(36-18-9-7-10-19-36)26-17-27-44(48)37-20-11-8-12-21-37;/h7-32H,1-6H3;/q-2;/i7D,8D,9D,10D,11D,12D,18D,19D,20D,21D;. The number of pyridine rings is 1. The number of aromatic nitrogens is 3. The predicted molar refractivity (Wildman–Crippen MR) is 227 cm³/mol. The van der Waals surface area contributed by atoms with Gasteiger partial charge in [-0.2, -0.15) is 18.2 Å². The first-order chi connectivity index (χ1) is 30.7. The van der Waals surface area contributed by atoms with Gasteiger partial charge in [0.05, 0.1) is 30.4 Å². The number of benzene rings is 6. The van der Waals surface area contributed by atoms with E-state index < -0.39 is 68.7 Å². The summed E-state index contributed by atoms with van der Waals surface area (Å²) < 4.78 is 98.6. The van der Waals surface area contributed by atoms with Crippen LogP contribution in [0.2, 0.25) is 19.6 Å². The second kappa shape index (κ2) is 15.9. The minimum absolute atomic E-state index is 0. The number of fused-ring (bicyclic) bond motifs is 1. The van der Waals surface area contributed by atoms with Gasteiger partial charge in [0.15, 0.2) is 8.24 Å². The van der Waals surface area contributed by atoms with Gasteiger partial charge >= 0.3 is 0 Å². The van der Waals surface area contributed by atoms with E-state index in [1.54, 1.807) is 39.5 Å². The molecule has 0 unspecified atom stereocenters. The van der Waals surface area contributed by atoms with Crippen molar-refractivity contribution in [1.29, 1.82) is 0 Å². The molecule has 8 aromatic rings. The maximum absolute atomic E-state index is 8.97. The van der Waals surface area contributed by atoms with Gasteiger partial charge in [0, 0.05) is 38.8 Å². The van der Waals surface area contributed by atoms with Crippen LogP contribution in [0.5, 0.6) is 11.5 Å². The molecular formula is C49H44N4OPtSi-2. The summed E-state index contributed by atoms with van der Waals surface area (Å²) in [5.41, 5.74) is 3.79. The van der Waals surface area contributed by atoms with Gasteiger partial charge in [0.2, 0.25) is 0 Å². The number of imidazole rings is 1. The Balaban J connectivity index is 0.00000648. The van der Waals surface area contributed by atoms with E-state index in [1.165, 1.54) is 5.56 Å². The van der Waals surface area contributed by atoms with E-state index >= 15 is 0 Å². The minimum atomic E-state index is -2.08. The van der Waals surface area contributed by atoms with Crippen molar-refractivity contribution in [1.82, 2.24) is 9.55 Å². The van der Waals surface area contributed by atoms with Crippen molar-refractivity contribution in [2.24, 2.45) is 0 Å². The van der Waals surface area contributed by atoms with E-state index in [2.05, 4.69) is 69.5 Å². The van der Waals surface area contributed by atoms with Gasteiger partial charge in [-0.05, 0) is 51.1 Å². The number of rotatable bonds is 9. The van der Waals surface area contributed by atoms with Gasteiger partial charge in [-0.1, -0.05) is 149 Å². The zero-order chi connectivity index (χ0) is 46.9. The van der Waals surface area contributed by atoms with Crippen LogP contribution in [0.3, 0.4) is 0 Å². The molecule has 8 rings (SSSR count). The van der Waals surface area contributed by atoms with E-state index in [0.29, 0.717) is 28.2 Å². The molecule has 0 fully saturated rings. The van der Waals surface area contributed by atoms with Crippen LogP contribution in [-0.4, -0.2) is 17.8 Å². The van der Waals surface area contributed by atoms with Crippen LogP contribution in [0.25, 0.3) is 44.7 Å². The zero-order valence-corrected chi connectivity index (χ0v) is 35.0. The molecule has 6 aromatic carbocycles. The molecule has 0 bridgehead atoms. The summed E-state index contributed by atoms with van der Waals surface area (Å²) in [6.45, 7) is 13.3. The Bertz CT molecular complexity index is 3060. The molecule has 2 heterocycles. The summed E-state index contributed by atoms with van der Waals surface area (Å²) in [5.74, 6) is 1.67. The second-order valence-corrected chi connectivity index (χ2v) is 19.8. The molecule has 2 aromatic heterocycles. The van der Waals surface area contributed by atoms with Crippen LogP contribution < -0.4 is 13.9 Å². The van der Waals surface area contributed by atoms with Crippen molar-refractivity contribution in [3.05, 3.63) is 182 Å². The fourth-order valence-corrected chi connectivity index (χ4v) is 8.23. The third kappa shape index (κ3) is 7.91. The van der Waals surface area contributed by atoms with Gasteiger partial charge in [0.1, 0.15) is 5.82 Å². The van der Waals surface area contributed by atoms with Crippen LogP contribution in [0.1, 0.15) is 40.0 Å². The Labute approximate surface area is 360 Å². The maximum atomic E-state index is 8.97. The maximum Gasteiger partial charge on any atom is 0.268 e. The van der Waals surface area contributed by atoms with E-state index in [1.807, 2.05) is 60.8 Å². The van der Waals surface area contributed by atoms with E-state index in [0.717, 1.165) is 11.5 Å². The Morgan fingerprint density at radius 2 is 1.34 bits per heavy atom. The molecule has 0 aliphatic rings. The fourth-order valence-electron chi connectivity index (χ4n) is 6.57. The molecule has 0 spiro atoms. The summed E-state index contributed by atoms with van der Waals surface area (Å²) >= 11 is 0. The summed E-state index contributed by atoms with van der Waals surface area (Å²) in [4.78, 5) is 4.79. The van der Waals surface area contributed by atoms with Crippen molar-refractivity contribution in [3.8, 4) is 45.1 Å². The minimum Gasteiger partial charge on any atom is -0.510 e. The number of hydrogen-bond donors (Lipinski definition) is 0. The van der Waals surface area contributed by atoms with Crippen molar-refractivity contribution < 1.29 is 44.1 Å². The van der Waals surface area contributed by atoms with Crippen LogP contribution >= 0.6 is 0 Å². The van der Waals surface area contributed by atoms with Crippen molar-refractivity contribution in [3.63, 3.8) is 0 Å². The van der Waals surface area contributed by atoms with E-state index in [4.69, 9.17) is 23.4 Å². The number of para-hydroxylation sites is 3. The molecule has 0 aliphatic heterocycles. The molecule has 0 atom stereocenters. The Morgan fingerprint density at radius 1 is 0.732 bits per heavy atom. The van der Waals surface area contributed by atoms with Gasteiger partial charge in [-0.25, -0.2) is 4.98 Å². The topological polar surface area (TPSA) is 34.2 Å². The quantitative estimate of drug-likeness (QED) is 0.0821. The first kappa shape index (κ1) is 27.9. The molecule has 282 valence electrons. The van der Waals surface area contributed by atoms with Crippen molar-refractivity contribution in [2.45, 2.75) is 45.8 Å². The predicted octanol–water partition coefficient (Wildman–Crippen LogP) is 12.1. The summed E-state index contributed by atoms with van der Waals surface area (Å²) in [6, 6.07) is 29.0. The molecule has 5 nitrogen and oxygen atoms in total. The van der Waals surface area contributed by atoms with Crippen molar-refractivity contribution in [2.75, 3.05) is 4.57 Å². The molecule has 7 heteroatoms. The van der Waals surface area contributed by atoms with Crippen LogP contribution in [0.4, 0.5) is 11.5 Å². The molecule has 0 amide bonds. The summed E-state index contributed by atoms with van der Waals surface area (Å²) in [7, 11) is -2.08. The Hall–Kier alpha value is -5.55. The third-order valence-electron chi connectivity index (χ3n) is 9.08. The van der Waals surface area contributed by atoms with E-state index in [9.17, 15) is 0 Å². The number of nitrogens with zero attached hydrogens (tertiary/aromatic N) is 4. The Kier molecular flexibility index (Phi) is 7.93. The zero-order valence-electron chi connectivity index (χ0n) is 41.8. The first-order valence-corrected chi connectivity index (χ1v) is 21.4. The normalized spacial score (nSPS) is 14.1. The van der Waals surface area contributed by atoms with Gasteiger partial charge < -0.3 is 13.9 Å². The number of hydrogen-bond acceptors (Lipinski definition) is 3. The first-order valence-electron chi connectivity index (χ1n) is 22.9. The van der Waals surface area contributed by atoms with Crippen LogP contribution in [0.15, 0.2) is 158 Å². The van der Waals surface area contributed by atoms with Gasteiger partial charge in [-0.3, -0.25) is 4.57 Å². The largest absolute Gasteiger partial charge is 0.510 e. The van der Waals surface area contributed by atoms with Crippen molar-refractivity contribution >= 4 is 30.8 Å². The van der Waals surface area contributed by atoms with Gasteiger partial charge in [-0.15, -0.1) is 30.3 Å². The molecule has 56 heavy (non-hydrogen) atoms. The smallest absolute Gasteiger partial charge is 0.268 e. The third-order valence-corrected chi connectivity index (χ3v) is 10.9. The number of ether oxygens (including phenoxy) is 1. The summed E-state index contributed by atoms with van der Waals surface area (Å²) in [6.07, 6.45) is 5.24. The van der Waals surface area contributed by atoms with Gasteiger partial charge in [0.25, 0.3) is 6.33 Å². The Morgan fingerprint density at radius 3 is 1.98 bits per heavy atom. The second-order valence-electron chi connectivity index (χ2n) is 15.0. The molecule has 0 saturated heterocycles. The average molecular weight is 938 g/mol. The fraction of sp³-hybridized carbons (Fsp3) is 0.143. The molecule has 0 aliphatic carbocycles. The van der Waals surface area contributed by atoms with E-state index in [-0.39, 0.29) is 54.4 Å². The SMILES string of the molecule is [2H]c1c([2H])c([2H])c(-c2cccc(-c3c([2H])c([2H])c([2H])c([2H])c3[2H])c2-[n+]2[c-]n(-c3[c-]c(Oc4[c-]c(N(c5cc(C(C)(C)C)ccn5)[Si](C)(C)C)ccc4)ccc3)c3ccccc32)c([2H])c1[2H].[Pt]. The molecule has 0 radical (unpaired) electrons. The number of anilines is 2. The van der Waals surface area contributed by atoms with Crippen LogP contribution in [-0.2, 0) is 26.5 Å². The summed E-state index contributed by atoms with van der Waals surface area (Å²) in [5, 5.41) is 0. The molecule has 0 saturated carbocycles. The van der Waals surface area contributed by atoms with Crippen LogP contribution in [0, 0.1) is 18.5 Å².